The van der Waals surface area contributed by atoms with E-state index >= 15 is 0 Å². The minimum Gasteiger partial charge on any atom is -0.345 e. The third-order valence-electron chi connectivity index (χ3n) is 5.75. The van der Waals surface area contributed by atoms with Gasteiger partial charge < -0.3 is 15.1 Å². The Hall–Kier alpha value is -2.48. The summed E-state index contributed by atoms with van der Waals surface area (Å²) in [5.74, 6) is -0.429. The topological polar surface area (TPSA) is 65.5 Å². The van der Waals surface area contributed by atoms with E-state index in [-0.39, 0.29) is 23.5 Å². The number of aryl methyl sites for hydroxylation is 2. The van der Waals surface area contributed by atoms with Crippen LogP contribution in [0.3, 0.4) is 0 Å². The first kappa shape index (κ1) is 19.8. The summed E-state index contributed by atoms with van der Waals surface area (Å²) in [5.41, 5.74) is 2.47. The van der Waals surface area contributed by atoms with E-state index in [1.807, 2.05) is 11.8 Å². The predicted octanol–water partition coefficient (Wildman–Crippen LogP) is 3.00. The largest absolute Gasteiger partial charge is 0.345 e. The standard InChI is InChI=1S/C21H25FN4O2S/c1-13-3-5-16(22)12-18(13)23-20(28)15-4-6-17-19(11-15)29-21(24-17)26-9-7-25(8-10-26)14(2)27/h3,5,12,15H,4,6-11H2,1-2H3,(H,23,28). The lowest BCUT2D eigenvalue weighted by molar-refractivity contribution is -0.129. The maximum absolute atomic E-state index is 13.5. The number of piperazine rings is 1. The number of thiazole rings is 1. The zero-order valence-electron chi connectivity index (χ0n) is 16.7. The highest BCUT2D eigenvalue weighted by molar-refractivity contribution is 7.15. The monoisotopic (exact) mass is 416 g/mol. The van der Waals surface area contributed by atoms with E-state index in [4.69, 9.17) is 4.98 Å². The maximum Gasteiger partial charge on any atom is 0.227 e. The summed E-state index contributed by atoms with van der Waals surface area (Å²) in [6, 6.07) is 4.44. The van der Waals surface area contributed by atoms with Crippen LogP contribution < -0.4 is 10.2 Å². The van der Waals surface area contributed by atoms with Crippen LogP contribution in [-0.2, 0) is 22.4 Å². The van der Waals surface area contributed by atoms with Crippen LogP contribution in [0.4, 0.5) is 15.2 Å². The summed E-state index contributed by atoms with van der Waals surface area (Å²) in [5, 5.41) is 3.88. The van der Waals surface area contributed by atoms with Crippen molar-refractivity contribution in [1.82, 2.24) is 9.88 Å². The summed E-state index contributed by atoms with van der Waals surface area (Å²) >= 11 is 1.66. The highest BCUT2D eigenvalue weighted by Gasteiger charge is 2.29. The molecule has 0 bridgehead atoms. The molecule has 1 aromatic heterocycles. The van der Waals surface area contributed by atoms with E-state index in [0.717, 1.165) is 60.3 Å². The lowest BCUT2D eigenvalue weighted by Crippen LogP contribution is -2.48. The fourth-order valence-electron chi connectivity index (χ4n) is 3.90. The Labute approximate surface area is 173 Å². The van der Waals surface area contributed by atoms with Crippen molar-refractivity contribution < 1.29 is 14.0 Å². The normalized spacial score (nSPS) is 19.1. The number of nitrogens with one attached hydrogen (secondary N) is 1. The summed E-state index contributed by atoms with van der Waals surface area (Å²) in [6.07, 6.45) is 2.19. The average molecular weight is 417 g/mol. The van der Waals surface area contributed by atoms with Crippen molar-refractivity contribution in [3.63, 3.8) is 0 Å². The van der Waals surface area contributed by atoms with Crippen molar-refractivity contribution >= 4 is 34.0 Å². The molecule has 1 saturated heterocycles. The Bertz CT molecular complexity index is 937. The molecule has 1 fully saturated rings. The molecule has 1 aromatic carbocycles. The molecule has 1 atom stereocenters. The Morgan fingerprint density at radius 2 is 2.00 bits per heavy atom. The van der Waals surface area contributed by atoms with Gasteiger partial charge in [0.05, 0.1) is 5.69 Å². The van der Waals surface area contributed by atoms with Gasteiger partial charge in [-0.15, -0.1) is 11.3 Å². The van der Waals surface area contributed by atoms with Gasteiger partial charge in [-0.1, -0.05) is 6.07 Å². The van der Waals surface area contributed by atoms with Gasteiger partial charge in [0.25, 0.3) is 0 Å². The molecule has 6 nitrogen and oxygen atoms in total. The molecule has 0 saturated carbocycles. The third kappa shape index (κ3) is 4.27. The molecule has 1 aliphatic heterocycles. The summed E-state index contributed by atoms with van der Waals surface area (Å²) in [7, 11) is 0. The number of hydrogen-bond acceptors (Lipinski definition) is 5. The van der Waals surface area contributed by atoms with E-state index in [1.54, 1.807) is 24.3 Å². The summed E-state index contributed by atoms with van der Waals surface area (Å²) in [4.78, 5) is 34.3. The molecule has 1 unspecified atom stereocenters. The van der Waals surface area contributed by atoms with Crippen LogP contribution >= 0.6 is 11.3 Å². The van der Waals surface area contributed by atoms with Crippen LogP contribution in [0.1, 0.15) is 29.5 Å². The highest BCUT2D eigenvalue weighted by atomic mass is 32.1. The van der Waals surface area contributed by atoms with E-state index < -0.39 is 0 Å². The number of aromatic nitrogens is 1. The second-order valence-corrected chi connectivity index (χ2v) is 8.81. The fourth-order valence-corrected chi connectivity index (χ4v) is 5.13. The van der Waals surface area contributed by atoms with Gasteiger partial charge in [-0.3, -0.25) is 9.59 Å². The minimum absolute atomic E-state index is 0.0608. The number of rotatable bonds is 3. The van der Waals surface area contributed by atoms with Crippen LogP contribution in [0.5, 0.6) is 0 Å². The number of carbonyl (C=O) groups is 2. The Balaban J connectivity index is 1.41. The molecular formula is C21H25FN4O2S. The quantitative estimate of drug-likeness (QED) is 0.835. The molecule has 1 N–H and O–H groups in total. The van der Waals surface area contributed by atoms with Crippen molar-refractivity contribution in [2.24, 2.45) is 5.92 Å². The van der Waals surface area contributed by atoms with Crippen molar-refractivity contribution in [1.29, 1.82) is 0 Å². The highest BCUT2D eigenvalue weighted by Crippen LogP contribution is 2.35. The molecule has 2 amide bonds. The molecule has 29 heavy (non-hydrogen) atoms. The zero-order chi connectivity index (χ0) is 20.5. The molecule has 0 spiro atoms. The number of amides is 2. The van der Waals surface area contributed by atoms with Gasteiger partial charge in [0, 0.05) is 49.6 Å². The van der Waals surface area contributed by atoms with Gasteiger partial charge >= 0.3 is 0 Å². The fraction of sp³-hybridized carbons (Fsp3) is 0.476. The zero-order valence-corrected chi connectivity index (χ0v) is 17.5. The first-order chi connectivity index (χ1) is 13.9. The van der Waals surface area contributed by atoms with Crippen LogP contribution in [0.2, 0.25) is 0 Å². The van der Waals surface area contributed by atoms with Gasteiger partial charge in [0.15, 0.2) is 5.13 Å². The number of nitrogens with zero attached hydrogens (tertiary/aromatic N) is 3. The van der Waals surface area contributed by atoms with Crippen LogP contribution in [0, 0.1) is 18.7 Å². The Morgan fingerprint density at radius 1 is 1.24 bits per heavy atom. The molecule has 2 aliphatic rings. The van der Waals surface area contributed by atoms with Gasteiger partial charge in [-0.25, -0.2) is 9.37 Å². The summed E-state index contributed by atoms with van der Waals surface area (Å²) in [6.45, 7) is 6.47. The maximum atomic E-state index is 13.5. The van der Waals surface area contributed by atoms with Crippen LogP contribution in [-0.4, -0.2) is 47.9 Å². The molecule has 154 valence electrons. The first-order valence-corrected chi connectivity index (χ1v) is 10.8. The van der Waals surface area contributed by atoms with E-state index in [0.29, 0.717) is 12.1 Å². The minimum atomic E-state index is -0.353. The number of halogens is 1. The number of anilines is 2. The van der Waals surface area contributed by atoms with Crippen molar-refractivity contribution in [2.45, 2.75) is 33.1 Å². The van der Waals surface area contributed by atoms with Crippen LogP contribution in [0.25, 0.3) is 0 Å². The lowest BCUT2D eigenvalue weighted by atomic mass is 9.90. The first-order valence-electron chi connectivity index (χ1n) is 9.97. The van der Waals surface area contributed by atoms with Crippen molar-refractivity contribution in [3.8, 4) is 0 Å². The molecule has 1 aliphatic carbocycles. The van der Waals surface area contributed by atoms with E-state index in [1.165, 1.54) is 12.1 Å². The average Bonchev–Trinajstić information content (AvgIpc) is 3.14. The number of fused-ring (bicyclic) bond motifs is 1. The molecule has 0 radical (unpaired) electrons. The van der Waals surface area contributed by atoms with Gasteiger partial charge in [-0.2, -0.15) is 0 Å². The molecule has 4 rings (SSSR count). The van der Waals surface area contributed by atoms with Gasteiger partial charge in [-0.05, 0) is 43.9 Å². The number of carbonyl (C=O) groups excluding carboxylic acids is 2. The van der Waals surface area contributed by atoms with E-state index in [9.17, 15) is 14.0 Å². The molecular weight excluding hydrogens is 391 g/mol. The van der Waals surface area contributed by atoms with Gasteiger partial charge in [0.1, 0.15) is 5.82 Å². The van der Waals surface area contributed by atoms with Crippen molar-refractivity contribution in [2.75, 3.05) is 36.4 Å². The Morgan fingerprint density at radius 3 is 2.72 bits per heavy atom. The predicted molar refractivity (Wildman–Crippen MR) is 112 cm³/mol. The molecule has 8 heteroatoms. The SMILES string of the molecule is CC(=O)N1CCN(c2nc3c(s2)CC(C(=O)Nc2cc(F)ccc2C)CC3)CC1. The molecule has 2 aromatic rings. The smallest absolute Gasteiger partial charge is 0.227 e. The molecule has 2 heterocycles. The number of benzene rings is 1. The third-order valence-corrected chi connectivity index (χ3v) is 6.93. The van der Waals surface area contributed by atoms with Gasteiger partial charge in [0.2, 0.25) is 11.8 Å². The van der Waals surface area contributed by atoms with Crippen molar-refractivity contribution in [3.05, 3.63) is 40.2 Å². The lowest BCUT2D eigenvalue weighted by Gasteiger charge is -2.33. The number of hydrogen-bond donors (Lipinski definition) is 1. The van der Waals surface area contributed by atoms with E-state index in [2.05, 4.69) is 10.2 Å². The second-order valence-electron chi connectivity index (χ2n) is 7.75. The summed E-state index contributed by atoms with van der Waals surface area (Å²) < 4.78 is 13.5. The Kier molecular flexibility index (Phi) is 5.54. The van der Waals surface area contributed by atoms with Crippen LogP contribution in [0.15, 0.2) is 18.2 Å². The second kappa shape index (κ2) is 8.10.